The van der Waals surface area contributed by atoms with Crippen LogP contribution in [0, 0.1) is 0 Å². The average Bonchev–Trinajstić information content (AvgIpc) is 3.33. The Morgan fingerprint density at radius 3 is 2.44 bits per heavy atom. The monoisotopic (exact) mass is 486 g/mol. The second kappa shape index (κ2) is 10.1. The van der Waals surface area contributed by atoms with Gasteiger partial charge in [0.1, 0.15) is 11.8 Å². The largest absolute Gasteiger partial charge is 0.511 e. The molecule has 0 radical (unpaired) electrons. The third kappa shape index (κ3) is 4.71. The molecule has 5 rings (SSSR count). The summed E-state index contributed by atoms with van der Waals surface area (Å²) in [5.74, 6) is 0.508. The minimum atomic E-state index is -1.33. The average molecular weight is 487 g/mol. The van der Waals surface area contributed by atoms with Gasteiger partial charge in [-0.15, -0.1) is 0 Å². The van der Waals surface area contributed by atoms with Gasteiger partial charge >= 0.3 is 12.1 Å². The van der Waals surface area contributed by atoms with Crippen molar-refractivity contribution in [3.05, 3.63) is 89.7 Å². The number of carbonyl (C=O) groups excluding carboxylic acids is 1. The van der Waals surface area contributed by atoms with E-state index in [1.807, 2.05) is 67.0 Å². The van der Waals surface area contributed by atoms with Crippen molar-refractivity contribution in [3.63, 3.8) is 0 Å². The zero-order chi connectivity index (χ0) is 25.1. The fraction of sp³-hybridized carbons (Fsp3) is 0.345. The third-order valence-corrected chi connectivity index (χ3v) is 8.00. The van der Waals surface area contributed by atoms with Gasteiger partial charge in [0.05, 0.1) is 19.5 Å². The highest BCUT2D eigenvalue weighted by Crippen LogP contribution is 2.45. The molecule has 186 valence electrons. The third-order valence-electron chi connectivity index (χ3n) is 8.00. The Hall–Kier alpha value is -3.71. The van der Waals surface area contributed by atoms with Crippen LogP contribution in [-0.2, 0) is 17.6 Å². The van der Waals surface area contributed by atoms with E-state index in [1.54, 1.807) is 6.07 Å². The molecule has 1 aromatic heterocycles. The van der Waals surface area contributed by atoms with Gasteiger partial charge in [0, 0.05) is 56.0 Å². The van der Waals surface area contributed by atoms with Crippen molar-refractivity contribution in [3.8, 4) is 5.75 Å². The summed E-state index contributed by atoms with van der Waals surface area (Å²) < 4.78 is 5.30. The number of hydrogen-bond acceptors (Lipinski definition) is 5. The summed E-state index contributed by atoms with van der Waals surface area (Å²) in [6, 6.07) is 19.6. The smallest absolute Gasteiger partial charge is 0.449 e. The van der Waals surface area contributed by atoms with Crippen LogP contribution in [0.15, 0.2) is 73.1 Å². The molecule has 0 bridgehead atoms. The molecule has 1 aliphatic heterocycles. The van der Waals surface area contributed by atoms with Crippen molar-refractivity contribution in [2.24, 2.45) is 0 Å². The quantitative estimate of drug-likeness (QED) is 0.300. The van der Waals surface area contributed by atoms with E-state index in [4.69, 9.17) is 9.84 Å². The molecule has 3 aromatic rings. The molecule has 36 heavy (non-hydrogen) atoms. The topological polar surface area (TPSA) is 79.7 Å². The van der Waals surface area contributed by atoms with Gasteiger partial charge in [-0.05, 0) is 41.8 Å². The molecule has 7 nitrogen and oxygen atoms in total. The van der Waals surface area contributed by atoms with E-state index in [0.29, 0.717) is 16.7 Å². The van der Waals surface area contributed by atoms with Crippen LogP contribution >= 0.6 is 0 Å². The number of piperidine rings is 1. The fourth-order valence-electron chi connectivity index (χ4n) is 6.07. The van der Waals surface area contributed by atoms with E-state index in [0.717, 1.165) is 55.6 Å². The minimum absolute atomic E-state index is 0.0361. The van der Waals surface area contributed by atoms with Crippen LogP contribution in [-0.4, -0.2) is 52.8 Å². The lowest BCUT2D eigenvalue weighted by atomic mass is 9.93. The molecule has 1 N–H and O–H groups in total. The number of rotatable bonds is 6. The molecule has 2 heterocycles. The highest BCUT2D eigenvalue weighted by molar-refractivity contribution is 5.73. The SMILES string of the molecule is C[N+](C(=O)Cc1ccccc1)(C1CCN(c2ccncc2)CC1)[C@@H]1CCc2ccc(OC(=O)O)cc21. The highest BCUT2D eigenvalue weighted by Gasteiger charge is 2.50. The van der Waals surface area contributed by atoms with E-state index in [1.165, 1.54) is 5.56 Å². The Kier molecular flexibility index (Phi) is 6.74. The number of pyridine rings is 1. The number of aryl methyl sites for hydroxylation is 1. The fourth-order valence-corrected chi connectivity index (χ4v) is 6.07. The van der Waals surface area contributed by atoms with Gasteiger partial charge in [-0.2, -0.15) is 0 Å². The Balaban J connectivity index is 1.46. The Morgan fingerprint density at radius 2 is 1.75 bits per heavy atom. The van der Waals surface area contributed by atoms with Crippen molar-refractivity contribution in [1.82, 2.24) is 4.98 Å². The predicted molar refractivity (Wildman–Crippen MR) is 137 cm³/mol. The maximum atomic E-state index is 14.2. The van der Waals surface area contributed by atoms with Crippen LogP contribution in [0.3, 0.4) is 0 Å². The molecule has 1 amide bonds. The van der Waals surface area contributed by atoms with Gasteiger partial charge in [-0.3, -0.25) is 9.47 Å². The summed E-state index contributed by atoms with van der Waals surface area (Å²) in [7, 11) is 2.10. The van der Waals surface area contributed by atoms with Gasteiger partial charge in [0.25, 0.3) is 0 Å². The van der Waals surface area contributed by atoms with Gasteiger partial charge in [-0.1, -0.05) is 36.4 Å². The molecule has 1 fully saturated rings. The van der Waals surface area contributed by atoms with Crippen LogP contribution in [0.1, 0.15) is 42.0 Å². The zero-order valence-electron chi connectivity index (χ0n) is 20.5. The van der Waals surface area contributed by atoms with E-state index in [9.17, 15) is 9.59 Å². The van der Waals surface area contributed by atoms with Crippen LogP contribution < -0.4 is 9.64 Å². The molecule has 1 saturated heterocycles. The van der Waals surface area contributed by atoms with Crippen LogP contribution in [0.25, 0.3) is 0 Å². The first-order chi connectivity index (χ1) is 17.4. The Bertz CT molecular complexity index is 1230. The van der Waals surface area contributed by atoms with Crippen molar-refractivity contribution in [2.45, 2.75) is 44.2 Å². The van der Waals surface area contributed by atoms with Crippen molar-refractivity contribution in [2.75, 3.05) is 25.0 Å². The van der Waals surface area contributed by atoms with E-state index >= 15 is 0 Å². The number of carboxylic acid groups (broad SMARTS) is 1. The highest BCUT2D eigenvalue weighted by atomic mass is 16.7. The number of nitrogens with zero attached hydrogens (tertiary/aromatic N) is 3. The number of quaternary nitrogens is 1. The molecule has 2 aliphatic rings. The number of benzene rings is 2. The first-order valence-electron chi connectivity index (χ1n) is 12.6. The zero-order valence-corrected chi connectivity index (χ0v) is 20.5. The molecule has 1 aliphatic carbocycles. The lowest BCUT2D eigenvalue weighted by molar-refractivity contribution is -0.892. The summed E-state index contributed by atoms with van der Waals surface area (Å²) in [6.07, 6.45) is 6.20. The summed E-state index contributed by atoms with van der Waals surface area (Å²) >= 11 is 0. The summed E-state index contributed by atoms with van der Waals surface area (Å²) in [5, 5.41) is 9.13. The van der Waals surface area contributed by atoms with Crippen molar-refractivity contribution in [1.29, 1.82) is 0 Å². The molecule has 7 heteroatoms. The molecular weight excluding hydrogens is 454 g/mol. The first-order valence-corrected chi connectivity index (χ1v) is 12.6. The second-order valence-corrected chi connectivity index (χ2v) is 9.91. The Morgan fingerprint density at radius 1 is 1.03 bits per heavy atom. The normalized spacial score (nSPS) is 19.4. The molecule has 0 spiro atoms. The van der Waals surface area contributed by atoms with Crippen molar-refractivity contribution >= 4 is 17.7 Å². The van der Waals surface area contributed by atoms with E-state index in [-0.39, 0.29) is 18.0 Å². The van der Waals surface area contributed by atoms with Crippen LogP contribution in [0.5, 0.6) is 5.75 Å². The van der Waals surface area contributed by atoms with Crippen molar-refractivity contribution < 1.29 is 23.9 Å². The van der Waals surface area contributed by atoms with Gasteiger partial charge in [0.15, 0.2) is 0 Å². The number of aromatic nitrogens is 1. The number of amides is 1. The number of fused-ring (bicyclic) bond motifs is 1. The second-order valence-electron chi connectivity index (χ2n) is 9.91. The number of carbonyl (C=O) groups is 2. The standard InChI is InChI=1S/C29H31N3O4/c1-32(28(33)19-21-5-3-2-4-6-21,24-13-17-31(18-14-24)23-11-15-30-16-12-23)27-10-8-22-7-9-25(20-26(22)27)36-29(34)35/h2-7,9,11-12,15-16,20,24,27H,8,10,13-14,17-19H2,1H3/p+1/t27-,32?/m1/s1. The first kappa shape index (κ1) is 24.0. The van der Waals surface area contributed by atoms with Gasteiger partial charge in [0.2, 0.25) is 0 Å². The number of hydrogen-bond donors (Lipinski definition) is 1. The number of likely N-dealkylation sites (N-methyl/N-ethyl adjacent to an activating group) is 1. The number of ether oxygens (including phenoxy) is 1. The predicted octanol–water partition coefficient (Wildman–Crippen LogP) is 5.01. The van der Waals surface area contributed by atoms with E-state index < -0.39 is 6.16 Å². The van der Waals surface area contributed by atoms with Gasteiger partial charge in [-0.25, -0.2) is 9.59 Å². The molecule has 2 atom stereocenters. The molecule has 2 aromatic carbocycles. The summed E-state index contributed by atoms with van der Waals surface area (Å²) in [6.45, 7) is 1.76. The lowest BCUT2D eigenvalue weighted by Crippen LogP contribution is -2.61. The molecule has 0 saturated carbocycles. The Labute approximate surface area is 211 Å². The maximum Gasteiger partial charge on any atom is 0.511 e. The molecule has 1 unspecified atom stereocenters. The van der Waals surface area contributed by atoms with Crippen LogP contribution in [0.2, 0.25) is 0 Å². The maximum absolute atomic E-state index is 14.2. The van der Waals surface area contributed by atoms with E-state index in [2.05, 4.69) is 16.9 Å². The summed E-state index contributed by atoms with van der Waals surface area (Å²) in [5.41, 5.74) is 4.38. The summed E-state index contributed by atoms with van der Waals surface area (Å²) in [4.78, 5) is 31.8. The number of anilines is 1. The lowest BCUT2D eigenvalue weighted by Gasteiger charge is -2.47. The van der Waals surface area contributed by atoms with Crippen LogP contribution in [0.4, 0.5) is 10.5 Å². The minimum Gasteiger partial charge on any atom is -0.449 e. The molecular formula is C29H32N3O4+. The van der Waals surface area contributed by atoms with Gasteiger partial charge < -0.3 is 14.7 Å².